The average molecular weight is 412 g/mol. The molecule has 4 nitrogen and oxygen atoms in total. The molecule has 0 saturated heterocycles. The van der Waals surface area contributed by atoms with E-state index in [-0.39, 0.29) is 11.7 Å². The molecule has 5 rings (SSSR count). The predicted octanol–water partition coefficient (Wildman–Crippen LogP) is 5.38. The lowest BCUT2D eigenvalue weighted by molar-refractivity contribution is -0.112. The second-order valence-corrected chi connectivity index (χ2v) is 7.54. The molecule has 0 saturated carbocycles. The summed E-state index contributed by atoms with van der Waals surface area (Å²) in [5.41, 5.74) is 4.64. The van der Waals surface area contributed by atoms with E-state index in [1.165, 1.54) is 12.1 Å². The van der Waals surface area contributed by atoms with Gasteiger partial charge < -0.3 is 14.2 Å². The van der Waals surface area contributed by atoms with Crippen LogP contribution < -0.4 is 9.64 Å². The second kappa shape index (κ2) is 7.76. The monoisotopic (exact) mass is 412 g/mol. The Bertz CT molecular complexity index is 1300. The number of carbonyl (C=O) groups is 1. The van der Waals surface area contributed by atoms with Crippen LogP contribution in [0.1, 0.15) is 11.1 Å². The number of aromatic nitrogens is 1. The smallest absolute Gasteiger partial charge is 0.258 e. The van der Waals surface area contributed by atoms with Crippen molar-refractivity contribution in [1.82, 2.24) is 4.57 Å². The van der Waals surface area contributed by atoms with Gasteiger partial charge in [-0.15, -0.1) is 0 Å². The number of anilines is 1. The van der Waals surface area contributed by atoms with Crippen LogP contribution in [-0.4, -0.2) is 24.1 Å². The summed E-state index contributed by atoms with van der Waals surface area (Å²) in [6.45, 7) is 1.08. The molecule has 0 spiro atoms. The minimum absolute atomic E-state index is 0.00215. The van der Waals surface area contributed by atoms with E-state index >= 15 is 0 Å². The van der Waals surface area contributed by atoms with Gasteiger partial charge in [0.15, 0.2) is 0 Å². The zero-order chi connectivity index (χ0) is 21.4. The predicted molar refractivity (Wildman–Crippen MR) is 122 cm³/mol. The first-order valence-electron chi connectivity index (χ1n) is 10.2. The number of rotatable bonds is 5. The Morgan fingerprint density at radius 3 is 2.55 bits per heavy atom. The Morgan fingerprint density at radius 1 is 0.968 bits per heavy atom. The van der Waals surface area contributed by atoms with E-state index in [4.69, 9.17) is 4.74 Å². The first kappa shape index (κ1) is 19.1. The number of nitrogens with zero attached hydrogens (tertiary/aromatic N) is 2. The fourth-order valence-corrected chi connectivity index (χ4v) is 4.06. The summed E-state index contributed by atoms with van der Waals surface area (Å²) in [7, 11) is 1.80. The van der Waals surface area contributed by atoms with Crippen LogP contribution in [0, 0.1) is 5.82 Å². The molecular formula is C26H21FN2O2. The Kier molecular flexibility index (Phi) is 4.79. The van der Waals surface area contributed by atoms with Gasteiger partial charge in [0.25, 0.3) is 5.91 Å². The highest BCUT2D eigenvalue weighted by Gasteiger charge is 2.29. The van der Waals surface area contributed by atoms with Crippen molar-refractivity contribution in [2.45, 2.75) is 6.54 Å². The highest BCUT2D eigenvalue weighted by atomic mass is 19.1. The molecular weight excluding hydrogens is 391 g/mol. The Morgan fingerprint density at radius 2 is 1.71 bits per heavy atom. The standard InChI is InChI=1S/C26H21FN2O2/c1-28-24-8-4-3-7-22(24)23(26(28)30)16-18-17-29(25-9-5-2-6-21(18)25)14-15-31-20-12-10-19(27)11-13-20/h2-13,16-17H,14-15H2,1H3/b23-16+. The maximum Gasteiger partial charge on any atom is 0.258 e. The van der Waals surface area contributed by atoms with Gasteiger partial charge in [0.1, 0.15) is 18.2 Å². The second-order valence-electron chi connectivity index (χ2n) is 7.54. The molecule has 3 aromatic carbocycles. The topological polar surface area (TPSA) is 34.5 Å². The van der Waals surface area contributed by atoms with E-state index in [2.05, 4.69) is 22.9 Å². The number of fused-ring (bicyclic) bond motifs is 2. The summed E-state index contributed by atoms with van der Waals surface area (Å²) in [6.07, 6.45) is 4.03. The van der Waals surface area contributed by atoms with Crippen LogP contribution in [0.15, 0.2) is 79.0 Å². The number of likely N-dealkylation sites (N-methyl/N-ethyl adjacent to an activating group) is 1. The van der Waals surface area contributed by atoms with Gasteiger partial charge in [-0.3, -0.25) is 4.79 Å². The van der Waals surface area contributed by atoms with Crippen molar-refractivity contribution in [3.63, 3.8) is 0 Å². The first-order valence-corrected chi connectivity index (χ1v) is 10.2. The van der Waals surface area contributed by atoms with Crippen molar-refractivity contribution in [3.8, 4) is 5.75 Å². The molecule has 0 N–H and O–H groups in total. The van der Waals surface area contributed by atoms with E-state index < -0.39 is 0 Å². The molecule has 0 fully saturated rings. The van der Waals surface area contributed by atoms with Crippen LogP contribution in [0.4, 0.5) is 10.1 Å². The Labute approximate surface area is 179 Å². The number of hydrogen-bond donors (Lipinski definition) is 0. The van der Waals surface area contributed by atoms with E-state index in [9.17, 15) is 9.18 Å². The number of amides is 1. The lowest BCUT2D eigenvalue weighted by Crippen LogP contribution is -2.20. The van der Waals surface area contributed by atoms with Crippen LogP contribution in [0.3, 0.4) is 0 Å². The van der Waals surface area contributed by atoms with Gasteiger partial charge >= 0.3 is 0 Å². The number of hydrogen-bond acceptors (Lipinski definition) is 2. The highest BCUT2D eigenvalue weighted by molar-refractivity contribution is 6.36. The maximum absolute atomic E-state index is 13.1. The van der Waals surface area contributed by atoms with Crippen LogP contribution >= 0.6 is 0 Å². The zero-order valence-electron chi connectivity index (χ0n) is 17.1. The summed E-state index contributed by atoms with van der Waals surface area (Å²) in [5, 5.41) is 1.08. The molecule has 4 aromatic rings. The summed E-state index contributed by atoms with van der Waals surface area (Å²) < 4.78 is 21.0. The lowest BCUT2D eigenvalue weighted by atomic mass is 10.0. The molecule has 0 aliphatic carbocycles. The minimum atomic E-state index is -0.282. The third kappa shape index (κ3) is 3.48. The van der Waals surface area contributed by atoms with Gasteiger partial charge in [0.2, 0.25) is 0 Å². The summed E-state index contributed by atoms with van der Waals surface area (Å²) in [4.78, 5) is 14.6. The third-order valence-corrected chi connectivity index (χ3v) is 5.62. The molecule has 0 radical (unpaired) electrons. The van der Waals surface area contributed by atoms with Crippen molar-refractivity contribution >= 4 is 34.1 Å². The van der Waals surface area contributed by atoms with Crippen LogP contribution in [-0.2, 0) is 11.3 Å². The molecule has 0 bridgehead atoms. The third-order valence-electron chi connectivity index (χ3n) is 5.62. The van der Waals surface area contributed by atoms with E-state index in [0.29, 0.717) is 24.5 Å². The summed E-state index contributed by atoms with van der Waals surface area (Å²) in [5.74, 6) is 0.351. The molecule has 2 heterocycles. The molecule has 1 amide bonds. The molecule has 0 unspecified atom stereocenters. The van der Waals surface area contributed by atoms with E-state index in [0.717, 1.165) is 27.7 Å². The normalized spacial score (nSPS) is 14.5. The summed E-state index contributed by atoms with van der Waals surface area (Å²) >= 11 is 0. The van der Waals surface area contributed by atoms with Gasteiger partial charge in [-0.1, -0.05) is 36.4 Å². The zero-order valence-corrected chi connectivity index (χ0v) is 17.1. The number of para-hydroxylation sites is 2. The van der Waals surface area contributed by atoms with E-state index in [1.807, 2.05) is 42.5 Å². The van der Waals surface area contributed by atoms with Crippen LogP contribution in [0.5, 0.6) is 5.75 Å². The van der Waals surface area contributed by atoms with Gasteiger partial charge in [-0.05, 0) is 42.5 Å². The quantitative estimate of drug-likeness (QED) is 0.413. The van der Waals surface area contributed by atoms with Crippen molar-refractivity contribution in [2.24, 2.45) is 0 Å². The minimum Gasteiger partial charge on any atom is -0.492 e. The summed E-state index contributed by atoms with van der Waals surface area (Å²) in [6, 6.07) is 22.0. The maximum atomic E-state index is 13.1. The SMILES string of the molecule is CN1C(=O)/C(=C/c2cn(CCOc3ccc(F)cc3)c3ccccc23)c2ccccc21. The number of ether oxygens (including phenoxy) is 1. The number of halogens is 1. The number of carbonyl (C=O) groups excluding carboxylic acids is 1. The molecule has 5 heteroatoms. The van der Waals surface area contributed by atoms with Crippen molar-refractivity contribution in [2.75, 3.05) is 18.6 Å². The lowest BCUT2D eigenvalue weighted by Gasteiger charge is -2.08. The van der Waals surface area contributed by atoms with Gasteiger partial charge in [0, 0.05) is 40.8 Å². The largest absolute Gasteiger partial charge is 0.492 e. The van der Waals surface area contributed by atoms with Gasteiger partial charge in [-0.25, -0.2) is 4.39 Å². The molecule has 31 heavy (non-hydrogen) atoms. The van der Waals surface area contributed by atoms with Crippen molar-refractivity contribution < 1.29 is 13.9 Å². The molecule has 1 aromatic heterocycles. The molecule has 0 atom stereocenters. The van der Waals surface area contributed by atoms with Gasteiger partial charge in [0.05, 0.1) is 12.2 Å². The highest BCUT2D eigenvalue weighted by Crippen LogP contribution is 2.37. The van der Waals surface area contributed by atoms with Crippen LogP contribution in [0.2, 0.25) is 0 Å². The molecule has 1 aliphatic rings. The fraction of sp³-hybridized carbons (Fsp3) is 0.115. The van der Waals surface area contributed by atoms with E-state index in [1.54, 1.807) is 24.1 Å². The van der Waals surface area contributed by atoms with Crippen molar-refractivity contribution in [3.05, 3.63) is 95.9 Å². The molecule has 154 valence electrons. The fourth-order valence-electron chi connectivity index (χ4n) is 4.06. The first-order chi connectivity index (χ1) is 15.1. The Balaban J connectivity index is 1.46. The molecule has 1 aliphatic heterocycles. The van der Waals surface area contributed by atoms with Crippen molar-refractivity contribution in [1.29, 1.82) is 0 Å². The van der Waals surface area contributed by atoms with Crippen LogP contribution in [0.25, 0.3) is 22.6 Å². The van der Waals surface area contributed by atoms with Gasteiger partial charge in [-0.2, -0.15) is 0 Å². The Hall–Kier alpha value is -3.86. The number of benzene rings is 3. The average Bonchev–Trinajstić information content (AvgIpc) is 3.26.